The lowest BCUT2D eigenvalue weighted by Gasteiger charge is -2.19. The predicted octanol–water partition coefficient (Wildman–Crippen LogP) is 3.00. The number of rotatable bonds is 3. The van der Waals surface area contributed by atoms with Gasteiger partial charge in [-0.1, -0.05) is 38.1 Å². The summed E-state index contributed by atoms with van der Waals surface area (Å²) in [6.45, 7) is 7.95. The molecule has 0 saturated heterocycles. The van der Waals surface area contributed by atoms with Gasteiger partial charge in [-0.15, -0.1) is 0 Å². The van der Waals surface area contributed by atoms with Crippen LogP contribution in [0, 0.1) is 6.92 Å². The lowest BCUT2D eigenvalue weighted by atomic mass is 9.87. The van der Waals surface area contributed by atoms with Gasteiger partial charge in [0.05, 0.1) is 0 Å². The molecule has 8 nitrogen and oxygen atoms in total. The van der Waals surface area contributed by atoms with Crippen LogP contribution in [0.4, 0.5) is 5.95 Å². The molecule has 0 spiro atoms. The Morgan fingerprint density at radius 1 is 1.21 bits per heavy atom. The molecule has 0 fully saturated rings. The number of aryl methyl sites for hydroxylation is 1. The Hall–Kier alpha value is -3.42. The molecule has 146 valence electrons. The molecule has 0 bridgehead atoms. The Labute approximate surface area is 161 Å². The topological polar surface area (TPSA) is 110 Å². The molecule has 28 heavy (non-hydrogen) atoms. The predicted molar refractivity (Wildman–Crippen MR) is 104 cm³/mol. The van der Waals surface area contributed by atoms with E-state index in [0.29, 0.717) is 11.3 Å². The first-order valence-electron chi connectivity index (χ1n) is 8.73. The van der Waals surface area contributed by atoms with E-state index in [1.54, 1.807) is 19.1 Å². The third-order valence-corrected chi connectivity index (χ3v) is 4.38. The van der Waals surface area contributed by atoms with E-state index in [4.69, 9.17) is 4.52 Å². The van der Waals surface area contributed by atoms with Gasteiger partial charge in [0, 0.05) is 18.7 Å². The van der Waals surface area contributed by atoms with E-state index >= 15 is 0 Å². The number of anilines is 1. The summed E-state index contributed by atoms with van der Waals surface area (Å²) < 4.78 is 6.04. The zero-order valence-corrected chi connectivity index (χ0v) is 16.4. The second-order valence-electron chi connectivity index (χ2n) is 7.60. The second kappa shape index (κ2) is 6.95. The van der Waals surface area contributed by atoms with Gasteiger partial charge in [0.1, 0.15) is 17.1 Å². The fourth-order valence-electron chi connectivity index (χ4n) is 2.65. The first-order valence-corrected chi connectivity index (χ1v) is 8.73. The number of carbonyl (C=O) groups excluding carboxylic acids is 1. The average Bonchev–Trinajstić information content (AvgIpc) is 3.07. The van der Waals surface area contributed by atoms with Gasteiger partial charge >= 0.3 is 0 Å². The van der Waals surface area contributed by atoms with Gasteiger partial charge in [-0.05, 0) is 30.0 Å². The molecule has 2 N–H and O–H groups in total. The van der Waals surface area contributed by atoms with E-state index in [1.807, 2.05) is 12.1 Å². The van der Waals surface area contributed by atoms with Gasteiger partial charge in [0.15, 0.2) is 0 Å². The van der Waals surface area contributed by atoms with Crippen LogP contribution >= 0.6 is 0 Å². The maximum absolute atomic E-state index is 12.6. The van der Waals surface area contributed by atoms with E-state index in [-0.39, 0.29) is 22.8 Å². The van der Waals surface area contributed by atoms with Gasteiger partial charge < -0.3 is 9.63 Å². The number of nitrogens with one attached hydrogen (secondary N) is 1. The molecule has 0 saturated carbocycles. The first kappa shape index (κ1) is 19.3. The van der Waals surface area contributed by atoms with E-state index < -0.39 is 17.2 Å². The highest BCUT2D eigenvalue weighted by molar-refractivity contribution is 6.03. The van der Waals surface area contributed by atoms with Gasteiger partial charge in [-0.2, -0.15) is 0 Å². The van der Waals surface area contributed by atoms with Crippen molar-refractivity contribution in [3.8, 4) is 17.1 Å². The van der Waals surface area contributed by atoms with Crippen LogP contribution in [0.1, 0.15) is 42.5 Å². The number of aromatic nitrogens is 3. The van der Waals surface area contributed by atoms with Crippen LogP contribution in [0.15, 0.2) is 39.6 Å². The SMILES string of the molecule is Cc1cc(-c2nc(NC(=O)c3ccc(C(C)(C)C)cc3)n(C)c(=O)c2O)no1. The third kappa shape index (κ3) is 3.66. The van der Waals surface area contributed by atoms with Gasteiger partial charge in [-0.25, -0.2) is 4.98 Å². The molecular weight excluding hydrogens is 360 g/mol. The summed E-state index contributed by atoms with van der Waals surface area (Å²) in [7, 11) is 1.41. The molecule has 2 aromatic heterocycles. The van der Waals surface area contributed by atoms with Crippen LogP contribution in [-0.4, -0.2) is 25.7 Å². The summed E-state index contributed by atoms with van der Waals surface area (Å²) in [5, 5.41) is 16.5. The molecular formula is C20H22N4O4. The van der Waals surface area contributed by atoms with E-state index in [1.165, 1.54) is 13.1 Å². The minimum absolute atomic E-state index is 0.0108. The van der Waals surface area contributed by atoms with Crippen LogP contribution in [0.2, 0.25) is 0 Å². The van der Waals surface area contributed by atoms with Crippen LogP contribution in [0.3, 0.4) is 0 Å². The van der Waals surface area contributed by atoms with E-state index in [9.17, 15) is 14.7 Å². The Morgan fingerprint density at radius 2 is 1.86 bits per heavy atom. The highest BCUT2D eigenvalue weighted by Crippen LogP contribution is 2.25. The number of hydrogen-bond acceptors (Lipinski definition) is 6. The summed E-state index contributed by atoms with van der Waals surface area (Å²) in [4.78, 5) is 29.1. The second-order valence-corrected chi connectivity index (χ2v) is 7.60. The quantitative estimate of drug-likeness (QED) is 0.720. The maximum Gasteiger partial charge on any atom is 0.297 e. The van der Waals surface area contributed by atoms with Gasteiger partial charge in [0.25, 0.3) is 11.5 Å². The summed E-state index contributed by atoms with van der Waals surface area (Å²) in [6, 6.07) is 8.76. The molecule has 3 aromatic rings. The average molecular weight is 382 g/mol. The van der Waals surface area contributed by atoms with Gasteiger partial charge in [0.2, 0.25) is 11.7 Å². The lowest BCUT2D eigenvalue weighted by Crippen LogP contribution is -2.25. The van der Waals surface area contributed by atoms with Crippen molar-refractivity contribution in [1.29, 1.82) is 0 Å². The Kier molecular flexibility index (Phi) is 4.80. The van der Waals surface area contributed by atoms with Crippen LogP contribution in [0.25, 0.3) is 11.4 Å². The van der Waals surface area contributed by atoms with E-state index in [0.717, 1.165) is 10.1 Å². The number of nitrogens with zero attached hydrogens (tertiary/aromatic N) is 3. The number of benzene rings is 1. The maximum atomic E-state index is 12.6. The fourth-order valence-corrected chi connectivity index (χ4v) is 2.65. The summed E-state index contributed by atoms with van der Waals surface area (Å²) in [6.07, 6.45) is 0. The molecule has 0 unspecified atom stereocenters. The fraction of sp³-hybridized carbons (Fsp3) is 0.300. The summed E-state index contributed by atoms with van der Waals surface area (Å²) >= 11 is 0. The molecule has 0 aliphatic carbocycles. The minimum atomic E-state index is -0.705. The zero-order chi connectivity index (χ0) is 20.6. The molecule has 8 heteroatoms. The van der Waals surface area contributed by atoms with Crippen molar-refractivity contribution < 1.29 is 14.4 Å². The molecule has 3 rings (SSSR count). The number of carbonyl (C=O) groups is 1. The highest BCUT2D eigenvalue weighted by Gasteiger charge is 2.20. The smallest absolute Gasteiger partial charge is 0.297 e. The Bertz CT molecular complexity index is 1090. The molecule has 0 radical (unpaired) electrons. The number of aromatic hydroxyl groups is 1. The summed E-state index contributed by atoms with van der Waals surface area (Å²) in [5.74, 6) is -0.496. The summed E-state index contributed by atoms with van der Waals surface area (Å²) in [5.41, 5.74) is 0.944. The van der Waals surface area contributed by atoms with E-state index in [2.05, 4.69) is 36.2 Å². The van der Waals surface area contributed by atoms with Crippen molar-refractivity contribution in [1.82, 2.24) is 14.7 Å². The number of hydrogen-bond donors (Lipinski definition) is 2. The van der Waals surface area contributed by atoms with Crippen molar-refractivity contribution in [3.05, 3.63) is 57.6 Å². The molecule has 1 amide bonds. The van der Waals surface area contributed by atoms with Crippen molar-refractivity contribution in [2.24, 2.45) is 7.05 Å². The minimum Gasteiger partial charge on any atom is -0.501 e. The Balaban J connectivity index is 1.94. The molecule has 0 atom stereocenters. The standard InChI is InChI=1S/C20H22N4O4/c1-11-10-14(23-28-11)15-16(25)18(27)24(5)19(21-15)22-17(26)12-6-8-13(9-7-12)20(2,3)4/h6-10,25H,1-5H3,(H,21,22,26). The molecule has 1 aromatic carbocycles. The first-order chi connectivity index (χ1) is 13.1. The van der Waals surface area contributed by atoms with Crippen LogP contribution in [0.5, 0.6) is 5.75 Å². The van der Waals surface area contributed by atoms with Crippen LogP contribution < -0.4 is 10.9 Å². The molecule has 0 aliphatic heterocycles. The highest BCUT2D eigenvalue weighted by atomic mass is 16.5. The largest absolute Gasteiger partial charge is 0.501 e. The molecule has 2 heterocycles. The number of amides is 1. The zero-order valence-electron chi connectivity index (χ0n) is 16.4. The van der Waals surface area contributed by atoms with Crippen molar-refractivity contribution in [2.45, 2.75) is 33.1 Å². The normalized spacial score (nSPS) is 11.5. The lowest BCUT2D eigenvalue weighted by molar-refractivity contribution is 0.102. The van der Waals surface area contributed by atoms with Gasteiger partial charge in [-0.3, -0.25) is 19.5 Å². The van der Waals surface area contributed by atoms with Crippen molar-refractivity contribution in [2.75, 3.05) is 5.32 Å². The van der Waals surface area contributed by atoms with Crippen LogP contribution in [-0.2, 0) is 12.5 Å². The monoisotopic (exact) mass is 382 g/mol. The third-order valence-electron chi connectivity index (χ3n) is 4.38. The molecule has 0 aliphatic rings. The van der Waals surface area contributed by atoms with Crippen molar-refractivity contribution in [3.63, 3.8) is 0 Å². The van der Waals surface area contributed by atoms with Crippen molar-refractivity contribution >= 4 is 11.9 Å². The Morgan fingerprint density at radius 3 is 2.39 bits per heavy atom.